The van der Waals surface area contributed by atoms with Crippen LogP contribution in [0.15, 0.2) is 0 Å². The van der Waals surface area contributed by atoms with E-state index in [1.807, 2.05) is 13.8 Å². The lowest BCUT2D eigenvalue weighted by Crippen LogP contribution is -2.44. The number of nitrogens with zero attached hydrogens (tertiary/aromatic N) is 3. The molecule has 0 aromatic rings. The number of carboxylic acids is 2. The second-order valence-electron chi connectivity index (χ2n) is 6.28. The van der Waals surface area contributed by atoms with Crippen LogP contribution in [0.5, 0.6) is 0 Å². The van der Waals surface area contributed by atoms with Gasteiger partial charge in [0.2, 0.25) is 0 Å². The molecule has 0 saturated heterocycles. The molecule has 0 amide bonds. The molecular weight excluding hydrogens is 394 g/mol. The second-order valence-corrected chi connectivity index (χ2v) is 6.28. The quantitative estimate of drug-likeness (QED) is 0.331. The molecule has 0 atom stereocenters. The molecule has 0 aliphatic rings. The van der Waals surface area contributed by atoms with Gasteiger partial charge in [-0.2, -0.15) is 0 Å². The molecule has 30 heavy (non-hydrogen) atoms. The first-order chi connectivity index (χ1) is 14.2. The first-order valence-electron chi connectivity index (χ1n) is 10.2. The third kappa shape index (κ3) is 23.9. The fourth-order valence-electron chi connectivity index (χ4n) is 2.21. The van der Waals surface area contributed by atoms with E-state index in [0.717, 1.165) is 0 Å². The Hall–Kier alpha value is -2.17. The zero-order valence-electron chi connectivity index (χ0n) is 19.0. The summed E-state index contributed by atoms with van der Waals surface area (Å²) < 4.78 is 0. The minimum absolute atomic E-state index is 0.0607. The number of ketones is 1. The molecule has 0 aliphatic carbocycles. The zero-order chi connectivity index (χ0) is 23.9. The van der Waals surface area contributed by atoms with Crippen LogP contribution in [0.1, 0.15) is 41.0 Å². The SMILES string of the molecule is CC.CC(=O)CN(CC=O)CCN(CCN(CC=O)CC(=O)O)CC(=O)O.CCC. The van der Waals surface area contributed by atoms with Crippen molar-refractivity contribution in [1.29, 1.82) is 0 Å². The zero-order valence-corrected chi connectivity index (χ0v) is 19.0. The number of rotatable bonds is 16. The molecule has 0 heterocycles. The van der Waals surface area contributed by atoms with Gasteiger partial charge in [-0.25, -0.2) is 0 Å². The van der Waals surface area contributed by atoms with E-state index in [-0.39, 0.29) is 58.1 Å². The summed E-state index contributed by atoms with van der Waals surface area (Å²) in [6, 6.07) is 0. The number of hydrogen-bond donors (Lipinski definition) is 2. The molecule has 0 radical (unpaired) electrons. The molecule has 0 aliphatic heterocycles. The van der Waals surface area contributed by atoms with Crippen LogP contribution < -0.4 is 0 Å². The van der Waals surface area contributed by atoms with Gasteiger partial charge in [-0.1, -0.05) is 34.1 Å². The third-order valence-corrected chi connectivity index (χ3v) is 3.29. The highest BCUT2D eigenvalue weighted by Gasteiger charge is 2.16. The Kier molecular flexibility index (Phi) is 25.0. The Bertz CT molecular complexity index is 453. The van der Waals surface area contributed by atoms with Gasteiger partial charge >= 0.3 is 11.9 Å². The maximum Gasteiger partial charge on any atom is 0.317 e. The molecule has 0 unspecified atom stereocenters. The van der Waals surface area contributed by atoms with Gasteiger partial charge in [0, 0.05) is 26.2 Å². The lowest BCUT2D eigenvalue weighted by Gasteiger charge is -2.27. The molecule has 176 valence electrons. The number of hydrogen-bond acceptors (Lipinski definition) is 8. The van der Waals surface area contributed by atoms with E-state index in [1.165, 1.54) is 18.2 Å². The molecule has 0 aromatic heterocycles. The smallest absolute Gasteiger partial charge is 0.317 e. The van der Waals surface area contributed by atoms with Crippen LogP contribution in [0, 0.1) is 0 Å². The number of Topliss-reactive ketones (excluding diaryl/α,β-unsaturated/α-hetero) is 1. The van der Waals surface area contributed by atoms with Gasteiger partial charge < -0.3 is 19.8 Å². The Morgan fingerprint density at radius 3 is 1.30 bits per heavy atom. The number of aliphatic carboxylic acids is 2. The van der Waals surface area contributed by atoms with Crippen molar-refractivity contribution in [3.8, 4) is 0 Å². The lowest BCUT2D eigenvalue weighted by molar-refractivity contribution is -0.140. The Morgan fingerprint density at radius 2 is 1.00 bits per heavy atom. The molecule has 10 nitrogen and oxygen atoms in total. The van der Waals surface area contributed by atoms with Crippen molar-refractivity contribution < 1.29 is 34.2 Å². The minimum Gasteiger partial charge on any atom is -0.480 e. The minimum atomic E-state index is -1.08. The van der Waals surface area contributed by atoms with Crippen molar-refractivity contribution in [3.63, 3.8) is 0 Å². The average molecular weight is 434 g/mol. The third-order valence-electron chi connectivity index (χ3n) is 3.29. The second kappa shape index (κ2) is 23.1. The summed E-state index contributed by atoms with van der Waals surface area (Å²) in [5.41, 5.74) is 0. The van der Waals surface area contributed by atoms with Gasteiger partial charge in [-0.3, -0.25) is 29.1 Å². The van der Waals surface area contributed by atoms with Crippen molar-refractivity contribution in [3.05, 3.63) is 0 Å². The van der Waals surface area contributed by atoms with Crippen molar-refractivity contribution in [2.75, 3.05) is 58.9 Å². The summed E-state index contributed by atoms with van der Waals surface area (Å²) in [6.07, 6.45) is 2.51. The maximum atomic E-state index is 11.2. The van der Waals surface area contributed by atoms with Gasteiger partial charge in [0.25, 0.3) is 0 Å². The average Bonchev–Trinajstić information content (AvgIpc) is 2.65. The lowest BCUT2D eigenvalue weighted by atomic mass is 10.3. The molecule has 0 spiro atoms. The van der Waals surface area contributed by atoms with Crippen LogP contribution >= 0.6 is 0 Å². The van der Waals surface area contributed by atoms with Crippen LogP contribution in [-0.4, -0.2) is 114 Å². The van der Waals surface area contributed by atoms with E-state index in [0.29, 0.717) is 19.1 Å². The van der Waals surface area contributed by atoms with Gasteiger partial charge in [0.05, 0.1) is 32.7 Å². The van der Waals surface area contributed by atoms with Crippen molar-refractivity contribution >= 4 is 30.3 Å². The molecule has 0 fully saturated rings. The van der Waals surface area contributed by atoms with E-state index >= 15 is 0 Å². The summed E-state index contributed by atoms with van der Waals surface area (Å²) in [4.78, 5) is 58.7. The molecule has 10 heteroatoms. The van der Waals surface area contributed by atoms with Crippen LogP contribution in [-0.2, 0) is 24.0 Å². The van der Waals surface area contributed by atoms with Crippen LogP contribution in [0.3, 0.4) is 0 Å². The highest BCUT2D eigenvalue weighted by molar-refractivity contribution is 5.78. The van der Waals surface area contributed by atoms with E-state index in [9.17, 15) is 24.0 Å². The Labute approximate surface area is 179 Å². The Morgan fingerprint density at radius 1 is 0.700 bits per heavy atom. The highest BCUT2D eigenvalue weighted by atomic mass is 16.4. The first kappa shape index (κ1) is 32.5. The summed E-state index contributed by atoms with van der Waals surface area (Å²) in [5.74, 6) is -2.23. The fourth-order valence-corrected chi connectivity index (χ4v) is 2.21. The summed E-state index contributed by atoms with van der Waals surface area (Å²) in [5, 5.41) is 17.8. The summed E-state index contributed by atoms with van der Waals surface area (Å²) in [6.45, 7) is 10.2. The fraction of sp³-hybridized carbons (Fsp3) is 0.750. The predicted octanol–water partition coefficient (Wildman–Crippen LogP) is 0.491. The van der Waals surface area contributed by atoms with Crippen LogP contribution in [0.4, 0.5) is 0 Å². The normalized spacial score (nSPS) is 10.0. The number of aldehydes is 2. The van der Waals surface area contributed by atoms with E-state index in [4.69, 9.17) is 10.2 Å². The standard InChI is InChI=1S/C15H25N3O7.C3H8.C2H6/c1-13(21)10-17(6-8-19)4-2-16(11-14(22)23)3-5-18(7-9-20)12-15(24)25;1-3-2;1-2/h8-9H,2-7,10-12H2,1H3,(H,22,23)(H,24,25);3H2,1-2H3;1-2H3. The first-order valence-corrected chi connectivity index (χ1v) is 10.2. The molecule has 0 aromatic carbocycles. The van der Waals surface area contributed by atoms with E-state index < -0.39 is 11.9 Å². The molecule has 0 bridgehead atoms. The summed E-state index contributed by atoms with van der Waals surface area (Å²) >= 11 is 0. The van der Waals surface area contributed by atoms with Crippen molar-refractivity contribution in [2.45, 2.75) is 41.0 Å². The topological polar surface area (TPSA) is 136 Å². The van der Waals surface area contributed by atoms with Crippen molar-refractivity contribution in [1.82, 2.24) is 14.7 Å². The van der Waals surface area contributed by atoms with E-state index in [2.05, 4.69) is 13.8 Å². The largest absolute Gasteiger partial charge is 0.480 e. The molecular formula is C20H39N3O7. The number of carbonyl (C=O) groups excluding carboxylic acids is 3. The number of carbonyl (C=O) groups is 5. The maximum absolute atomic E-state index is 11.2. The Balaban J connectivity index is -0.00000133. The van der Waals surface area contributed by atoms with Gasteiger partial charge in [-0.15, -0.1) is 0 Å². The molecule has 2 N–H and O–H groups in total. The van der Waals surface area contributed by atoms with Crippen molar-refractivity contribution in [2.24, 2.45) is 0 Å². The summed E-state index contributed by atoms with van der Waals surface area (Å²) in [7, 11) is 0. The van der Waals surface area contributed by atoms with E-state index in [1.54, 1.807) is 9.80 Å². The monoisotopic (exact) mass is 433 g/mol. The molecule has 0 rings (SSSR count). The van der Waals surface area contributed by atoms with Crippen LogP contribution in [0.2, 0.25) is 0 Å². The van der Waals surface area contributed by atoms with Crippen LogP contribution in [0.25, 0.3) is 0 Å². The van der Waals surface area contributed by atoms with Gasteiger partial charge in [-0.05, 0) is 6.92 Å². The van der Waals surface area contributed by atoms with Gasteiger partial charge in [0.1, 0.15) is 18.4 Å². The highest BCUT2D eigenvalue weighted by Crippen LogP contribution is 1.96. The predicted molar refractivity (Wildman–Crippen MR) is 115 cm³/mol. The molecule has 0 saturated carbocycles. The van der Waals surface area contributed by atoms with Gasteiger partial charge in [0.15, 0.2) is 0 Å². The number of carboxylic acid groups (broad SMARTS) is 2.